The third-order valence-electron chi connectivity index (χ3n) is 4.48. The molecule has 2 aliphatic rings. The van der Waals surface area contributed by atoms with Gasteiger partial charge in [0.05, 0.1) is 6.54 Å². The minimum atomic E-state index is -1.93. The quantitative estimate of drug-likeness (QED) is 0.662. The number of fused-ring (bicyclic) bond motifs is 2. The summed E-state index contributed by atoms with van der Waals surface area (Å²) in [5.74, 6) is -1.34. The van der Waals surface area contributed by atoms with E-state index < -0.39 is 11.6 Å². The number of carbonyl (C=O) groups excluding carboxylic acids is 1. The summed E-state index contributed by atoms with van der Waals surface area (Å²) in [6.45, 7) is 2.22. The van der Waals surface area contributed by atoms with Crippen molar-refractivity contribution in [3.63, 3.8) is 0 Å². The average molecular weight is 285 g/mol. The number of nitrogens with zero attached hydrogens (tertiary/aromatic N) is 2. The molecule has 2 aliphatic heterocycles. The van der Waals surface area contributed by atoms with E-state index in [0.29, 0.717) is 25.2 Å². The Morgan fingerprint density at radius 1 is 1.30 bits per heavy atom. The van der Waals surface area contributed by atoms with Gasteiger partial charge in [0, 0.05) is 25.2 Å². The summed E-state index contributed by atoms with van der Waals surface area (Å²) in [5, 5.41) is 20.9. The highest BCUT2D eigenvalue weighted by molar-refractivity contribution is 5.79. The second kappa shape index (κ2) is 5.57. The van der Waals surface area contributed by atoms with E-state index >= 15 is 0 Å². The SMILES string of the molecule is CN1C2CCC1CN(C(=O)NCC(C)(O)C(=O)O)CC2. The van der Waals surface area contributed by atoms with E-state index in [1.165, 1.54) is 13.3 Å². The Bertz CT molecular complexity index is 399. The molecule has 3 N–H and O–H groups in total. The molecule has 0 aliphatic carbocycles. The molecule has 7 heteroatoms. The van der Waals surface area contributed by atoms with Crippen molar-refractivity contribution in [2.45, 2.75) is 43.9 Å². The molecule has 0 saturated carbocycles. The smallest absolute Gasteiger partial charge is 0.337 e. The largest absolute Gasteiger partial charge is 0.479 e. The zero-order chi connectivity index (χ0) is 14.9. The minimum absolute atomic E-state index is 0.290. The van der Waals surface area contributed by atoms with Gasteiger partial charge in [-0.2, -0.15) is 0 Å². The van der Waals surface area contributed by atoms with Crippen LogP contribution in [0.4, 0.5) is 4.79 Å². The predicted octanol–water partition coefficient (Wildman–Crippen LogP) is -0.300. The lowest BCUT2D eigenvalue weighted by atomic mass is 10.1. The van der Waals surface area contributed by atoms with E-state index in [-0.39, 0.29) is 12.6 Å². The van der Waals surface area contributed by atoms with Gasteiger partial charge in [-0.25, -0.2) is 9.59 Å². The maximum Gasteiger partial charge on any atom is 0.337 e. The fraction of sp³-hybridized carbons (Fsp3) is 0.846. The molecule has 2 amide bonds. The van der Waals surface area contributed by atoms with Gasteiger partial charge in [-0.15, -0.1) is 0 Å². The third-order valence-corrected chi connectivity index (χ3v) is 4.48. The first-order valence-electron chi connectivity index (χ1n) is 7.02. The van der Waals surface area contributed by atoms with Crippen molar-refractivity contribution in [3.05, 3.63) is 0 Å². The van der Waals surface area contributed by atoms with Gasteiger partial charge in [-0.05, 0) is 33.2 Å². The minimum Gasteiger partial charge on any atom is -0.479 e. The highest BCUT2D eigenvalue weighted by Crippen LogP contribution is 2.28. The Kier molecular flexibility index (Phi) is 4.19. The van der Waals surface area contributed by atoms with Gasteiger partial charge in [-0.1, -0.05) is 0 Å². The van der Waals surface area contributed by atoms with Crippen molar-refractivity contribution >= 4 is 12.0 Å². The number of nitrogens with one attached hydrogen (secondary N) is 1. The summed E-state index contributed by atoms with van der Waals surface area (Å²) >= 11 is 0. The van der Waals surface area contributed by atoms with Crippen LogP contribution >= 0.6 is 0 Å². The van der Waals surface area contributed by atoms with Crippen molar-refractivity contribution in [2.24, 2.45) is 0 Å². The fourth-order valence-corrected chi connectivity index (χ4v) is 2.93. The highest BCUT2D eigenvalue weighted by Gasteiger charge is 2.37. The molecule has 114 valence electrons. The van der Waals surface area contributed by atoms with E-state index in [1.54, 1.807) is 4.90 Å². The molecule has 2 saturated heterocycles. The molecule has 7 nitrogen and oxygen atoms in total. The normalized spacial score (nSPS) is 29.6. The third kappa shape index (κ3) is 3.04. The fourth-order valence-electron chi connectivity index (χ4n) is 2.93. The van der Waals surface area contributed by atoms with Gasteiger partial charge >= 0.3 is 12.0 Å². The average Bonchev–Trinajstić information content (AvgIpc) is 2.60. The van der Waals surface area contributed by atoms with Crippen molar-refractivity contribution in [3.8, 4) is 0 Å². The first kappa shape index (κ1) is 15.1. The van der Waals surface area contributed by atoms with E-state index in [0.717, 1.165) is 12.8 Å². The number of urea groups is 1. The number of rotatable bonds is 3. The lowest BCUT2D eigenvalue weighted by Crippen LogP contribution is -2.51. The van der Waals surface area contributed by atoms with Crippen LogP contribution in [-0.2, 0) is 4.79 Å². The number of likely N-dealkylation sites (tertiary alicyclic amines) is 1. The number of likely N-dealkylation sites (N-methyl/N-ethyl adjacent to an activating group) is 1. The second-order valence-electron chi connectivity index (χ2n) is 6.02. The van der Waals surface area contributed by atoms with Crippen molar-refractivity contribution in [1.29, 1.82) is 0 Å². The van der Waals surface area contributed by atoms with Crippen molar-refractivity contribution in [1.82, 2.24) is 15.1 Å². The number of carboxylic acid groups (broad SMARTS) is 1. The summed E-state index contributed by atoms with van der Waals surface area (Å²) < 4.78 is 0. The molecule has 3 atom stereocenters. The summed E-state index contributed by atoms with van der Waals surface area (Å²) in [7, 11) is 2.10. The number of aliphatic carboxylic acids is 1. The van der Waals surface area contributed by atoms with Crippen molar-refractivity contribution < 1.29 is 19.8 Å². The number of amides is 2. The van der Waals surface area contributed by atoms with Gasteiger partial charge in [0.15, 0.2) is 5.60 Å². The van der Waals surface area contributed by atoms with Crippen LogP contribution in [0.3, 0.4) is 0 Å². The zero-order valence-corrected chi connectivity index (χ0v) is 12.0. The molecule has 2 bridgehead atoms. The number of carbonyl (C=O) groups is 2. The lowest BCUT2D eigenvalue weighted by Gasteiger charge is -2.27. The van der Waals surface area contributed by atoms with Crippen LogP contribution in [0.5, 0.6) is 0 Å². The molecule has 2 fully saturated rings. The molecule has 2 heterocycles. The lowest BCUT2D eigenvalue weighted by molar-refractivity contribution is -0.155. The Morgan fingerprint density at radius 3 is 2.60 bits per heavy atom. The van der Waals surface area contributed by atoms with Gasteiger partial charge in [0.25, 0.3) is 0 Å². The number of hydrogen-bond acceptors (Lipinski definition) is 4. The Balaban J connectivity index is 1.89. The van der Waals surface area contributed by atoms with E-state index in [1.807, 2.05) is 0 Å². The molecule has 3 unspecified atom stereocenters. The molecule has 0 aromatic rings. The predicted molar refractivity (Wildman–Crippen MR) is 72.4 cm³/mol. The molecule has 0 spiro atoms. The molecule has 0 aromatic carbocycles. The van der Waals surface area contributed by atoms with Crippen LogP contribution in [0, 0.1) is 0 Å². The maximum atomic E-state index is 12.1. The van der Waals surface area contributed by atoms with Crippen LogP contribution in [-0.4, -0.2) is 76.4 Å². The van der Waals surface area contributed by atoms with Gasteiger partial charge in [0.1, 0.15) is 0 Å². The van der Waals surface area contributed by atoms with Crippen LogP contribution in [0.2, 0.25) is 0 Å². The number of carboxylic acids is 1. The van der Waals surface area contributed by atoms with Gasteiger partial charge < -0.3 is 20.4 Å². The van der Waals surface area contributed by atoms with Gasteiger partial charge in [0.2, 0.25) is 0 Å². The summed E-state index contributed by atoms with van der Waals surface area (Å²) in [4.78, 5) is 26.9. The monoisotopic (exact) mass is 285 g/mol. The standard InChI is InChI=1S/C13H23N3O4/c1-13(20,11(17)18)8-14-12(19)16-6-5-9-3-4-10(7-16)15(9)2/h9-10,20H,3-8H2,1-2H3,(H,14,19)(H,17,18). The Hall–Kier alpha value is -1.34. The number of aliphatic hydroxyl groups is 1. The first-order valence-corrected chi connectivity index (χ1v) is 7.02. The van der Waals surface area contributed by atoms with Crippen molar-refractivity contribution in [2.75, 3.05) is 26.7 Å². The van der Waals surface area contributed by atoms with Crippen LogP contribution in [0.25, 0.3) is 0 Å². The molecule has 0 aromatic heterocycles. The number of hydrogen-bond donors (Lipinski definition) is 3. The van der Waals surface area contributed by atoms with Gasteiger partial charge in [-0.3, -0.25) is 4.90 Å². The van der Waals surface area contributed by atoms with Crippen LogP contribution < -0.4 is 5.32 Å². The van der Waals surface area contributed by atoms with E-state index in [4.69, 9.17) is 5.11 Å². The molecule has 2 rings (SSSR count). The Labute approximate surface area is 118 Å². The molecule has 20 heavy (non-hydrogen) atoms. The van der Waals surface area contributed by atoms with E-state index in [9.17, 15) is 14.7 Å². The molecule has 0 radical (unpaired) electrons. The summed E-state index contributed by atoms with van der Waals surface area (Å²) in [6.07, 6.45) is 3.22. The first-order chi connectivity index (χ1) is 9.31. The molecular formula is C13H23N3O4. The summed E-state index contributed by atoms with van der Waals surface area (Å²) in [5.41, 5.74) is -1.93. The Morgan fingerprint density at radius 2 is 1.95 bits per heavy atom. The van der Waals surface area contributed by atoms with E-state index in [2.05, 4.69) is 17.3 Å². The maximum absolute atomic E-state index is 12.1. The zero-order valence-electron chi connectivity index (χ0n) is 12.0. The summed E-state index contributed by atoms with van der Waals surface area (Å²) in [6, 6.07) is 0.626. The van der Waals surface area contributed by atoms with Crippen LogP contribution in [0.15, 0.2) is 0 Å². The second-order valence-corrected chi connectivity index (χ2v) is 6.02. The topological polar surface area (TPSA) is 93.1 Å². The highest BCUT2D eigenvalue weighted by atomic mass is 16.4. The molecular weight excluding hydrogens is 262 g/mol. The van der Waals surface area contributed by atoms with Crippen LogP contribution in [0.1, 0.15) is 26.2 Å².